The Morgan fingerprint density at radius 1 is 1.54 bits per heavy atom. The van der Waals surface area contributed by atoms with E-state index in [9.17, 15) is 0 Å². The lowest BCUT2D eigenvalue weighted by Crippen LogP contribution is -2.38. The molecule has 0 aromatic rings. The van der Waals surface area contributed by atoms with Gasteiger partial charge in [-0.2, -0.15) is 0 Å². The molecule has 1 aliphatic heterocycles. The first kappa shape index (κ1) is 9.44. The van der Waals surface area contributed by atoms with E-state index >= 15 is 0 Å². The molecule has 2 aliphatic rings. The quantitative estimate of drug-likeness (QED) is 0.689. The molecule has 76 valence electrons. The maximum Gasteiger partial charge on any atom is 0.0622 e. The van der Waals surface area contributed by atoms with Crippen LogP contribution < -0.4 is 5.73 Å². The topological polar surface area (TPSA) is 38.5 Å². The number of hydrogen-bond donors (Lipinski definition) is 1. The van der Waals surface area contributed by atoms with Crippen molar-refractivity contribution in [2.75, 3.05) is 33.4 Å². The second-order valence-corrected chi connectivity index (χ2v) is 4.64. The van der Waals surface area contributed by atoms with Crippen LogP contribution in [-0.4, -0.2) is 44.3 Å². The third-order valence-electron chi connectivity index (χ3n) is 3.50. The van der Waals surface area contributed by atoms with E-state index in [1.165, 1.54) is 19.3 Å². The Morgan fingerprint density at radius 2 is 2.31 bits per heavy atom. The molecular weight excluding hydrogens is 164 g/mol. The number of ether oxygens (including phenoxy) is 1. The minimum Gasteiger partial charge on any atom is -0.380 e. The zero-order chi connectivity index (χ0) is 9.31. The van der Waals surface area contributed by atoms with E-state index in [1.807, 2.05) is 0 Å². The Balaban J connectivity index is 1.80. The van der Waals surface area contributed by atoms with Gasteiger partial charge in [-0.1, -0.05) is 0 Å². The second kappa shape index (κ2) is 3.56. The lowest BCUT2D eigenvalue weighted by molar-refractivity contribution is 0.146. The molecule has 1 saturated carbocycles. The lowest BCUT2D eigenvalue weighted by Gasteiger charge is -2.27. The maximum atomic E-state index is 5.76. The highest BCUT2D eigenvalue weighted by molar-refractivity contribution is 4.96. The molecule has 0 amide bonds. The molecule has 1 unspecified atom stereocenters. The fraction of sp³-hybridized carbons (Fsp3) is 1.00. The number of hydrogen-bond acceptors (Lipinski definition) is 3. The summed E-state index contributed by atoms with van der Waals surface area (Å²) in [5, 5.41) is 0. The van der Waals surface area contributed by atoms with Crippen molar-refractivity contribution in [3.8, 4) is 0 Å². The molecule has 2 fully saturated rings. The van der Waals surface area contributed by atoms with Gasteiger partial charge in [0.1, 0.15) is 0 Å². The van der Waals surface area contributed by atoms with Crippen LogP contribution in [0.15, 0.2) is 0 Å². The van der Waals surface area contributed by atoms with E-state index in [0.29, 0.717) is 11.5 Å². The smallest absolute Gasteiger partial charge is 0.0622 e. The van der Waals surface area contributed by atoms with E-state index in [4.69, 9.17) is 10.5 Å². The Labute approximate surface area is 80.2 Å². The average molecular weight is 184 g/mol. The summed E-state index contributed by atoms with van der Waals surface area (Å²) in [7, 11) is 2.20. The van der Waals surface area contributed by atoms with Crippen LogP contribution in [0, 0.1) is 5.41 Å². The lowest BCUT2D eigenvalue weighted by atomic mass is 10.1. The molecule has 0 aromatic heterocycles. The van der Waals surface area contributed by atoms with Gasteiger partial charge in [0.15, 0.2) is 0 Å². The van der Waals surface area contributed by atoms with Gasteiger partial charge in [0.2, 0.25) is 0 Å². The minimum absolute atomic E-state index is 0.470. The van der Waals surface area contributed by atoms with Gasteiger partial charge in [-0.05, 0) is 38.3 Å². The van der Waals surface area contributed by atoms with Crippen molar-refractivity contribution < 1.29 is 4.74 Å². The first-order valence-electron chi connectivity index (χ1n) is 5.24. The molecule has 0 spiro atoms. The number of nitrogens with zero attached hydrogens (tertiary/aromatic N) is 1. The molecule has 13 heavy (non-hydrogen) atoms. The van der Waals surface area contributed by atoms with Crippen LogP contribution in [0.3, 0.4) is 0 Å². The van der Waals surface area contributed by atoms with Gasteiger partial charge in [0.05, 0.1) is 6.61 Å². The molecule has 0 aromatic carbocycles. The molecule has 1 atom stereocenters. The summed E-state index contributed by atoms with van der Waals surface area (Å²) < 4.78 is 5.37. The van der Waals surface area contributed by atoms with Gasteiger partial charge in [0, 0.05) is 19.2 Å². The van der Waals surface area contributed by atoms with Crippen molar-refractivity contribution >= 4 is 0 Å². The molecule has 2 N–H and O–H groups in total. The molecule has 0 radical (unpaired) electrons. The molecule has 0 bridgehead atoms. The van der Waals surface area contributed by atoms with E-state index in [0.717, 1.165) is 26.3 Å². The van der Waals surface area contributed by atoms with Crippen LogP contribution in [0.1, 0.15) is 19.3 Å². The second-order valence-electron chi connectivity index (χ2n) is 4.64. The Bertz CT molecular complexity index is 174. The molecular formula is C10H20N2O. The highest BCUT2D eigenvalue weighted by Gasteiger charge is 2.42. The zero-order valence-electron chi connectivity index (χ0n) is 8.46. The van der Waals surface area contributed by atoms with Gasteiger partial charge in [-0.25, -0.2) is 0 Å². The van der Waals surface area contributed by atoms with Crippen molar-refractivity contribution in [2.45, 2.75) is 25.3 Å². The molecule has 2 rings (SSSR count). The number of likely N-dealkylation sites (N-methyl/N-ethyl adjacent to an activating group) is 1. The van der Waals surface area contributed by atoms with Crippen molar-refractivity contribution in [3.05, 3.63) is 0 Å². The Morgan fingerprint density at radius 3 is 2.77 bits per heavy atom. The van der Waals surface area contributed by atoms with Crippen LogP contribution in [0.25, 0.3) is 0 Å². The molecule has 1 saturated heterocycles. The van der Waals surface area contributed by atoms with Crippen molar-refractivity contribution in [3.63, 3.8) is 0 Å². The van der Waals surface area contributed by atoms with Crippen LogP contribution in [0.4, 0.5) is 0 Å². The van der Waals surface area contributed by atoms with Crippen molar-refractivity contribution in [2.24, 2.45) is 11.1 Å². The molecule has 1 heterocycles. The maximum absolute atomic E-state index is 5.76. The van der Waals surface area contributed by atoms with Gasteiger partial charge in [-0.3, -0.25) is 0 Å². The first-order valence-corrected chi connectivity index (χ1v) is 5.24. The summed E-state index contributed by atoms with van der Waals surface area (Å²) in [5.74, 6) is 0. The highest BCUT2D eigenvalue weighted by Crippen LogP contribution is 2.45. The van der Waals surface area contributed by atoms with E-state index in [-0.39, 0.29) is 0 Å². The Hall–Kier alpha value is -0.120. The highest BCUT2D eigenvalue weighted by atomic mass is 16.5. The molecule has 3 nitrogen and oxygen atoms in total. The molecule has 1 aliphatic carbocycles. The average Bonchev–Trinajstić information content (AvgIpc) is 2.69. The normalized spacial score (nSPS) is 31.2. The minimum atomic E-state index is 0.470. The van der Waals surface area contributed by atoms with Gasteiger partial charge < -0.3 is 15.4 Å². The van der Waals surface area contributed by atoms with Gasteiger partial charge >= 0.3 is 0 Å². The van der Waals surface area contributed by atoms with E-state index < -0.39 is 0 Å². The largest absolute Gasteiger partial charge is 0.380 e. The van der Waals surface area contributed by atoms with Gasteiger partial charge in [-0.15, -0.1) is 0 Å². The fourth-order valence-corrected chi connectivity index (χ4v) is 2.13. The summed E-state index contributed by atoms with van der Waals surface area (Å²) in [6, 6.07) is 0.643. The van der Waals surface area contributed by atoms with Crippen LogP contribution in [-0.2, 0) is 4.74 Å². The summed E-state index contributed by atoms with van der Waals surface area (Å²) in [6.07, 6.45) is 3.83. The third-order valence-corrected chi connectivity index (χ3v) is 3.50. The fourth-order valence-electron chi connectivity index (χ4n) is 2.13. The monoisotopic (exact) mass is 184 g/mol. The number of rotatable bonds is 4. The van der Waals surface area contributed by atoms with E-state index in [1.54, 1.807) is 0 Å². The van der Waals surface area contributed by atoms with Crippen LogP contribution in [0.5, 0.6) is 0 Å². The predicted molar refractivity (Wildman–Crippen MR) is 52.6 cm³/mol. The Kier molecular flexibility index (Phi) is 2.58. The molecule has 3 heteroatoms. The SMILES string of the molecule is CN(CC1(CN)CC1)C1CCOC1. The van der Waals surface area contributed by atoms with Crippen molar-refractivity contribution in [1.29, 1.82) is 0 Å². The summed E-state index contributed by atoms with van der Waals surface area (Å²) in [5.41, 5.74) is 6.23. The third kappa shape index (κ3) is 2.03. The first-order chi connectivity index (χ1) is 6.26. The zero-order valence-corrected chi connectivity index (χ0v) is 8.46. The van der Waals surface area contributed by atoms with Crippen molar-refractivity contribution in [1.82, 2.24) is 4.90 Å². The summed E-state index contributed by atoms with van der Waals surface area (Å²) in [4.78, 5) is 2.44. The predicted octanol–water partition coefficient (Wildman–Crippen LogP) is 0.446. The van der Waals surface area contributed by atoms with Crippen LogP contribution in [0.2, 0.25) is 0 Å². The summed E-state index contributed by atoms with van der Waals surface area (Å²) >= 11 is 0. The standard InChI is InChI=1S/C10H20N2O/c1-12(9-2-5-13-6-9)8-10(7-11)3-4-10/h9H,2-8,11H2,1H3. The summed E-state index contributed by atoms with van der Waals surface area (Å²) in [6.45, 7) is 3.87. The van der Waals surface area contributed by atoms with Gasteiger partial charge in [0.25, 0.3) is 0 Å². The number of nitrogens with two attached hydrogens (primary N) is 1. The van der Waals surface area contributed by atoms with Crippen LogP contribution >= 0.6 is 0 Å². The van der Waals surface area contributed by atoms with E-state index in [2.05, 4.69) is 11.9 Å².